The third-order valence-corrected chi connectivity index (χ3v) is 4.34. The zero-order valence-corrected chi connectivity index (χ0v) is 14.6. The molecule has 1 saturated carbocycles. The number of methoxy groups -OCH3 is 1. The van der Waals surface area contributed by atoms with Crippen molar-refractivity contribution < 1.29 is 28.6 Å². The molecule has 1 fully saturated rings. The van der Waals surface area contributed by atoms with Gasteiger partial charge in [-0.25, -0.2) is 14.0 Å². The molecule has 0 heterocycles. The van der Waals surface area contributed by atoms with E-state index in [9.17, 15) is 18.8 Å². The molecule has 0 atom stereocenters. The van der Waals surface area contributed by atoms with Crippen LogP contribution in [0.25, 0.3) is 0 Å². The molecule has 0 aromatic heterocycles. The van der Waals surface area contributed by atoms with E-state index in [1.807, 2.05) is 11.8 Å². The van der Waals surface area contributed by atoms with Crippen LogP contribution in [-0.4, -0.2) is 60.3 Å². The maximum Gasteiger partial charge on any atom is 0.339 e. The number of carboxylic acids is 1. The van der Waals surface area contributed by atoms with Crippen LogP contribution in [0.1, 0.15) is 30.1 Å². The molecule has 1 aliphatic rings. The Kier molecular flexibility index (Phi) is 6.51. The van der Waals surface area contributed by atoms with Crippen LogP contribution in [0, 0.1) is 5.82 Å². The number of hydrogen-bond donors (Lipinski definition) is 3. The van der Waals surface area contributed by atoms with Gasteiger partial charge < -0.3 is 20.5 Å². The van der Waals surface area contributed by atoms with E-state index in [1.54, 1.807) is 0 Å². The van der Waals surface area contributed by atoms with Gasteiger partial charge in [0.15, 0.2) is 0 Å². The van der Waals surface area contributed by atoms with Gasteiger partial charge in [-0.3, -0.25) is 9.69 Å². The number of aliphatic carboxylic acids is 1. The van der Waals surface area contributed by atoms with Gasteiger partial charge in [-0.05, 0) is 37.6 Å². The standard InChI is InChI=1S/C17H22FN3O5/c1-3-21(9-15(22)23)12-7-11(8-12)19-17(25)20-14-6-10(18)4-5-13(14)16(24)26-2/h4-6,11-12H,3,7-9H2,1-2H3,(H,22,23)(H2,19,20,25). The molecule has 2 rings (SSSR count). The molecule has 2 amide bonds. The van der Waals surface area contributed by atoms with Crippen molar-refractivity contribution in [3.63, 3.8) is 0 Å². The molecule has 26 heavy (non-hydrogen) atoms. The molecule has 1 aromatic carbocycles. The lowest BCUT2D eigenvalue weighted by Crippen LogP contribution is -2.55. The quantitative estimate of drug-likeness (QED) is 0.633. The van der Waals surface area contributed by atoms with Crippen LogP contribution in [0.2, 0.25) is 0 Å². The smallest absolute Gasteiger partial charge is 0.339 e. The van der Waals surface area contributed by atoms with Crippen LogP contribution in [0.4, 0.5) is 14.9 Å². The number of urea groups is 1. The lowest BCUT2D eigenvalue weighted by Gasteiger charge is -2.42. The van der Waals surface area contributed by atoms with Crippen molar-refractivity contribution in [2.45, 2.75) is 31.8 Å². The van der Waals surface area contributed by atoms with Gasteiger partial charge in [-0.1, -0.05) is 6.92 Å². The summed E-state index contributed by atoms with van der Waals surface area (Å²) in [6, 6.07) is 2.81. The third kappa shape index (κ3) is 4.92. The molecule has 0 radical (unpaired) electrons. The van der Waals surface area contributed by atoms with Crippen LogP contribution in [0.3, 0.4) is 0 Å². The molecule has 1 aliphatic carbocycles. The number of amides is 2. The fourth-order valence-electron chi connectivity index (χ4n) is 2.93. The molecule has 3 N–H and O–H groups in total. The number of carboxylic acid groups (broad SMARTS) is 1. The van der Waals surface area contributed by atoms with Crippen molar-refractivity contribution in [1.29, 1.82) is 0 Å². The first-order chi connectivity index (χ1) is 12.3. The number of benzene rings is 1. The van der Waals surface area contributed by atoms with Crippen molar-refractivity contribution in [2.24, 2.45) is 0 Å². The summed E-state index contributed by atoms with van der Waals surface area (Å²) in [4.78, 5) is 36.5. The second-order valence-corrected chi connectivity index (χ2v) is 6.06. The molecule has 142 valence electrons. The van der Waals surface area contributed by atoms with Crippen LogP contribution in [0.15, 0.2) is 18.2 Å². The number of likely N-dealkylation sites (N-methyl/N-ethyl adjacent to an activating group) is 1. The van der Waals surface area contributed by atoms with Crippen molar-refractivity contribution in [2.75, 3.05) is 25.5 Å². The largest absolute Gasteiger partial charge is 0.480 e. The van der Waals surface area contributed by atoms with Crippen LogP contribution < -0.4 is 10.6 Å². The first kappa shape index (κ1) is 19.6. The summed E-state index contributed by atoms with van der Waals surface area (Å²) in [6.45, 7) is 2.46. The molecule has 0 spiro atoms. The molecule has 1 aromatic rings. The Balaban J connectivity index is 1.90. The fourth-order valence-corrected chi connectivity index (χ4v) is 2.93. The highest BCUT2D eigenvalue weighted by atomic mass is 19.1. The predicted molar refractivity (Wildman–Crippen MR) is 91.6 cm³/mol. The molecule has 0 bridgehead atoms. The van der Waals surface area contributed by atoms with Crippen molar-refractivity contribution in [3.8, 4) is 0 Å². The number of carbonyl (C=O) groups excluding carboxylic acids is 2. The predicted octanol–water partition coefficient (Wildman–Crippen LogP) is 1.67. The van der Waals surface area contributed by atoms with Gasteiger partial charge in [0, 0.05) is 12.1 Å². The van der Waals surface area contributed by atoms with E-state index >= 15 is 0 Å². The first-order valence-electron chi connectivity index (χ1n) is 8.25. The Morgan fingerprint density at radius 2 is 2.04 bits per heavy atom. The highest BCUT2D eigenvalue weighted by Gasteiger charge is 2.34. The summed E-state index contributed by atoms with van der Waals surface area (Å²) in [5.41, 5.74) is 0.0698. The van der Waals surface area contributed by atoms with Gasteiger partial charge in [0.05, 0.1) is 24.9 Å². The lowest BCUT2D eigenvalue weighted by atomic mass is 9.85. The normalized spacial score (nSPS) is 18.8. The first-order valence-corrected chi connectivity index (χ1v) is 8.25. The summed E-state index contributed by atoms with van der Waals surface area (Å²) >= 11 is 0. The Morgan fingerprint density at radius 3 is 2.62 bits per heavy atom. The summed E-state index contributed by atoms with van der Waals surface area (Å²) in [7, 11) is 1.20. The number of rotatable bonds is 7. The SMILES string of the molecule is CCN(CC(=O)O)C1CC(NC(=O)Nc2cc(F)ccc2C(=O)OC)C1. The molecule has 8 nitrogen and oxygen atoms in total. The number of nitrogens with one attached hydrogen (secondary N) is 2. The van der Waals surface area contributed by atoms with Crippen molar-refractivity contribution >= 4 is 23.7 Å². The number of ether oxygens (including phenoxy) is 1. The molecule has 0 aliphatic heterocycles. The second-order valence-electron chi connectivity index (χ2n) is 6.06. The van der Waals surface area contributed by atoms with E-state index < -0.39 is 23.8 Å². The highest BCUT2D eigenvalue weighted by molar-refractivity contribution is 6.00. The Labute approximate surface area is 150 Å². The average molecular weight is 367 g/mol. The Hall–Kier alpha value is -2.68. The number of hydrogen-bond acceptors (Lipinski definition) is 5. The van der Waals surface area contributed by atoms with Gasteiger partial charge >= 0.3 is 18.0 Å². The third-order valence-electron chi connectivity index (χ3n) is 4.34. The average Bonchev–Trinajstić information content (AvgIpc) is 2.55. The van der Waals surface area contributed by atoms with Gasteiger partial charge in [-0.2, -0.15) is 0 Å². The Morgan fingerprint density at radius 1 is 1.35 bits per heavy atom. The number of halogens is 1. The van der Waals surface area contributed by atoms with Crippen molar-refractivity contribution in [1.82, 2.24) is 10.2 Å². The minimum atomic E-state index is -0.887. The van der Waals surface area contributed by atoms with E-state index in [1.165, 1.54) is 13.2 Å². The topological polar surface area (TPSA) is 108 Å². The van der Waals surface area contributed by atoms with E-state index in [0.29, 0.717) is 19.4 Å². The van der Waals surface area contributed by atoms with Gasteiger partial charge in [-0.15, -0.1) is 0 Å². The van der Waals surface area contributed by atoms with E-state index in [-0.39, 0.29) is 29.9 Å². The molecule has 0 unspecified atom stereocenters. The van der Waals surface area contributed by atoms with Gasteiger partial charge in [0.25, 0.3) is 0 Å². The van der Waals surface area contributed by atoms with E-state index in [0.717, 1.165) is 12.1 Å². The minimum absolute atomic E-state index is 0.0197. The van der Waals surface area contributed by atoms with Gasteiger partial charge in [0.1, 0.15) is 5.82 Å². The summed E-state index contributed by atoms with van der Waals surface area (Å²) in [5, 5.41) is 14.1. The highest BCUT2D eigenvalue weighted by Crippen LogP contribution is 2.26. The number of nitrogens with zero attached hydrogens (tertiary/aromatic N) is 1. The maximum atomic E-state index is 13.4. The van der Waals surface area contributed by atoms with Crippen LogP contribution >= 0.6 is 0 Å². The lowest BCUT2D eigenvalue weighted by molar-refractivity contribution is -0.139. The molecule has 0 saturated heterocycles. The number of anilines is 1. The number of esters is 1. The van der Waals surface area contributed by atoms with E-state index in [4.69, 9.17) is 5.11 Å². The summed E-state index contributed by atoms with van der Waals surface area (Å²) in [6.07, 6.45) is 1.25. The molecular formula is C17H22FN3O5. The molecular weight excluding hydrogens is 345 g/mol. The summed E-state index contributed by atoms with van der Waals surface area (Å²) < 4.78 is 18.0. The summed E-state index contributed by atoms with van der Waals surface area (Å²) in [5.74, 6) is -2.16. The van der Waals surface area contributed by atoms with E-state index in [2.05, 4.69) is 15.4 Å². The Bertz CT molecular complexity index is 691. The minimum Gasteiger partial charge on any atom is -0.480 e. The van der Waals surface area contributed by atoms with Crippen LogP contribution in [0.5, 0.6) is 0 Å². The molecule has 9 heteroatoms. The zero-order chi connectivity index (χ0) is 19.3. The van der Waals surface area contributed by atoms with Crippen LogP contribution in [-0.2, 0) is 9.53 Å². The monoisotopic (exact) mass is 367 g/mol. The maximum absolute atomic E-state index is 13.4. The zero-order valence-electron chi connectivity index (χ0n) is 14.6. The van der Waals surface area contributed by atoms with Gasteiger partial charge in [0.2, 0.25) is 0 Å². The van der Waals surface area contributed by atoms with Crippen molar-refractivity contribution in [3.05, 3.63) is 29.6 Å². The second kappa shape index (κ2) is 8.61. The number of carbonyl (C=O) groups is 3. The fraction of sp³-hybridized carbons (Fsp3) is 0.471.